The van der Waals surface area contributed by atoms with Gasteiger partial charge < -0.3 is 20.4 Å². The van der Waals surface area contributed by atoms with E-state index in [-0.39, 0.29) is 6.42 Å². The minimum absolute atomic E-state index is 0.0951. The SMILES string of the molecule is CC/C=C\C[C@@H](O)[C@H](O)/C=C/C=C/C=C\C=C\[C@@H](O)C/C=C\CCC(=O)O. The summed E-state index contributed by atoms with van der Waals surface area (Å²) in [6.45, 7) is 2.01. The van der Waals surface area contributed by atoms with Gasteiger partial charge >= 0.3 is 5.97 Å². The molecule has 3 atom stereocenters. The number of allylic oxidation sites excluding steroid dienone is 8. The summed E-state index contributed by atoms with van der Waals surface area (Å²) in [7, 11) is 0. The van der Waals surface area contributed by atoms with Crippen LogP contribution in [-0.4, -0.2) is 44.7 Å². The second kappa shape index (κ2) is 17.2. The average Bonchev–Trinajstić information content (AvgIpc) is 2.63. The average molecular weight is 376 g/mol. The molecule has 0 aromatic carbocycles. The van der Waals surface area contributed by atoms with Crippen LogP contribution in [0.4, 0.5) is 0 Å². The van der Waals surface area contributed by atoms with Gasteiger partial charge in [-0.05, 0) is 25.7 Å². The van der Waals surface area contributed by atoms with Gasteiger partial charge in [0, 0.05) is 6.42 Å². The molecule has 5 nitrogen and oxygen atoms in total. The van der Waals surface area contributed by atoms with Crippen LogP contribution in [0.5, 0.6) is 0 Å². The Hall–Kier alpha value is -2.21. The Labute approximate surface area is 162 Å². The maximum absolute atomic E-state index is 10.3. The van der Waals surface area contributed by atoms with E-state index in [0.717, 1.165) is 6.42 Å². The minimum Gasteiger partial charge on any atom is -0.481 e. The van der Waals surface area contributed by atoms with Crippen molar-refractivity contribution in [1.82, 2.24) is 0 Å². The lowest BCUT2D eigenvalue weighted by Crippen LogP contribution is -2.22. The van der Waals surface area contributed by atoms with Crippen molar-refractivity contribution in [2.45, 2.75) is 57.3 Å². The summed E-state index contributed by atoms with van der Waals surface area (Å²) < 4.78 is 0. The fourth-order valence-electron chi connectivity index (χ4n) is 1.94. The zero-order valence-electron chi connectivity index (χ0n) is 15.9. The molecule has 0 bridgehead atoms. The Bertz CT molecular complexity index is 555. The second-order valence-corrected chi connectivity index (χ2v) is 5.92. The van der Waals surface area contributed by atoms with E-state index in [1.165, 1.54) is 6.08 Å². The van der Waals surface area contributed by atoms with Crippen LogP contribution < -0.4 is 0 Å². The third-order valence-electron chi connectivity index (χ3n) is 3.44. The van der Waals surface area contributed by atoms with Crippen LogP contribution in [0.1, 0.15) is 39.0 Å². The van der Waals surface area contributed by atoms with Crippen LogP contribution in [0.25, 0.3) is 0 Å². The van der Waals surface area contributed by atoms with Crippen molar-refractivity contribution < 1.29 is 25.2 Å². The molecule has 5 heteroatoms. The smallest absolute Gasteiger partial charge is 0.303 e. The number of aliphatic carboxylic acids is 1. The zero-order valence-corrected chi connectivity index (χ0v) is 15.9. The van der Waals surface area contributed by atoms with Crippen molar-refractivity contribution in [2.24, 2.45) is 0 Å². The van der Waals surface area contributed by atoms with E-state index in [4.69, 9.17) is 5.11 Å². The Morgan fingerprint density at radius 3 is 2.04 bits per heavy atom. The fraction of sp³-hybridized carbons (Fsp3) is 0.409. The van der Waals surface area contributed by atoms with Gasteiger partial charge in [-0.25, -0.2) is 0 Å². The first-order valence-corrected chi connectivity index (χ1v) is 9.21. The van der Waals surface area contributed by atoms with Gasteiger partial charge in [0.25, 0.3) is 0 Å². The number of rotatable bonds is 14. The van der Waals surface area contributed by atoms with Gasteiger partial charge in [-0.3, -0.25) is 4.79 Å². The molecule has 0 aliphatic carbocycles. The number of carboxylic acid groups (broad SMARTS) is 1. The number of hydrogen-bond donors (Lipinski definition) is 4. The summed E-state index contributed by atoms with van der Waals surface area (Å²) in [5, 5.41) is 37.7. The molecule has 150 valence electrons. The number of aliphatic hydroxyl groups is 3. The van der Waals surface area contributed by atoms with Gasteiger partial charge in [-0.1, -0.05) is 79.8 Å². The molecule has 0 aromatic rings. The van der Waals surface area contributed by atoms with Crippen LogP contribution in [0.15, 0.2) is 72.9 Å². The number of hydrogen-bond acceptors (Lipinski definition) is 4. The highest BCUT2D eigenvalue weighted by Gasteiger charge is 2.10. The molecular formula is C22H32O5. The molecule has 0 amide bonds. The van der Waals surface area contributed by atoms with Crippen molar-refractivity contribution in [3.63, 3.8) is 0 Å². The van der Waals surface area contributed by atoms with Crippen LogP contribution in [0.3, 0.4) is 0 Å². The largest absolute Gasteiger partial charge is 0.481 e. The van der Waals surface area contributed by atoms with E-state index in [0.29, 0.717) is 19.3 Å². The third-order valence-corrected chi connectivity index (χ3v) is 3.44. The Morgan fingerprint density at radius 1 is 0.815 bits per heavy atom. The summed E-state index contributed by atoms with van der Waals surface area (Å²) in [4.78, 5) is 10.3. The summed E-state index contributed by atoms with van der Waals surface area (Å²) in [5.74, 6) is -0.831. The topological polar surface area (TPSA) is 98.0 Å². The van der Waals surface area contributed by atoms with Crippen LogP contribution in [0, 0.1) is 0 Å². The van der Waals surface area contributed by atoms with Crippen LogP contribution in [-0.2, 0) is 4.79 Å². The molecule has 0 saturated heterocycles. The lowest BCUT2D eigenvalue weighted by molar-refractivity contribution is -0.136. The normalized spacial score (nSPS) is 16.6. The maximum Gasteiger partial charge on any atom is 0.303 e. The molecule has 0 aliphatic rings. The van der Waals surface area contributed by atoms with Crippen LogP contribution in [0.2, 0.25) is 0 Å². The van der Waals surface area contributed by atoms with Gasteiger partial charge in [0.15, 0.2) is 0 Å². The quantitative estimate of drug-likeness (QED) is 0.275. The maximum atomic E-state index is 10.3. The Balaban J connectivity index is 4.03. The Kier molecular flexibility index (Phi) is 15.8. The van der Waals surface area contributed by atoms with Crippen molar-refractivity contribution in [3.8, 4) is 0 Å². The molecule has 0 unspecified atom stereocenters. The Morgan fingerprint density at radius 2 is 1.41 bits per heavy atom. The summed E-state index contributed by atoms with van der Waals surface area (Å²) in [6.07, 6.45) is 21.0. The summed E-state index contributed by atoms with van der Waals surface area (Å²) >= 11 is 0. The molecule has 0 radical (unpaired) electrons. The zero-order chi connectivity index (χ0) is 20.3. The van der Waals surface area contributed by atoms with Crippen LogP contribution >= 0.6 is 0 Å². The molecule has 0 heterocycles. The highest BCUT2D eigenvalue weighted by Crippen LogP contribution is 2.03. The van der Waals surface area contributed by atoms with E-state index < -0.39 is 24.3 Å². The van der Waals surface area contributed by atoms with Crippen molar-refractivity contribution >= 4 is 5.97 Å². The molecule has 0 spiro atoms. The van der Waals surface area contributed by atoms with Gasteiger partial charge in [0.1, 0.15) is 0 Å². The van der Waals surface area contributed by atoms with Gasteiger partial charge in [0.05, 0.1) is 18.3 Å². The predicted molar refractivity (Wildman–Crippen MR) is 109 cm³/mol. The van der Waals surface area contributed by atoms with E-state index in [9.17, 15) is 20.1 Å². The lowest BCUT2D eigenvalue weighted by Gasteiger charge is -2.11. The first-order chi connectivity index (χ1) is 13.0. The number of carboxylic acids is 1. The molecule has 0 rings (SSSR count). The highest BCUT2D eigenvalue weighted by atomic mass is 16.4. The predicted octanol–water partition coefficient (Wildman–Crippen LogP) is 3.46. The monoisotopic (exact) mass is 376 g/mol. The van der Waals surface area contributed by atoms with E-state index >= 15 is 0 Å². The fourth-order valence-corrected chi connectivity index (χ4v) is 1.94. The van der Waals surface area contributed by atoms with Gasteiger partial charge in [-0.2, -0.15) is 0 Å². The van der Waals surface area contributed by atoms with E-state index in [1.54, 1.807) is 54.7 Å². The highest BCUT2D eigenvalue weighted by molar-refractivity contribution is 5.66. The molecule has 0 fully saturated rings. The molecule has 0 aliphatic heterocycles. The molecule has 0 saturated carbocycles. The number of aliphatic hydroxyl groups excluding tert-OH is 3. The van der Waals surface area contributed by atoms with Crippen molar-refractivity contribution in [3.05, 3.63) is 72.9 Å². The lowest BCUT2D eigenvalue weighted by atomic mass is 10.1. The van der Waals surface area contributed by atoms with E-state index in [2.05, 4.69) is 0 Å². The van der Waals surface area contributed by atoms with Gasteiger partial charge in [0.2, 0.25) is 0 Å². The standard InChI is InChI=1S/C22H32O5/c1-2-3-9-16-20(24)21(25)17-12-7-5-4-6-10-14-19(23)15-11-8-13-18-22(26)27/h3-12,14,17,19-21,23-25H,2,13,15-16,18H2,1H3,(H,26,27)/b6-4-,7-5+,9-3-,11-8-,14-10+,17-12+/t19-,20-,21-/m1/s1. The molecule has 4 N–H and O–H groups in total. The molecule has 27 heavy (non-hydrogen) atoms. The van der Waals surface area contributed by atoms with Crippen molar-refractivity contribution in [2.75, 3.05) is 0 Å². The van der Waals surface area contributed by atoms with Crippen molar-refractivity contribution in [1.29, 1.82) is 0 Å². The van der Waals surface area contributed by atoms with Gasteiger partial charge in [-0.15, -0.1) is 0 Å². The first kappa shape index (κ1) is 24.8. The molecular weight excluding hydrogens is 344 g/mol. The summed E-state index contributed by atoms with van der Waals surface area (Å²) in [6, 6.07) is 0. The second-order valence-electron chi connectivity index (χ2n) is 5.92. The minimum atomic E-state index is -0.904. The number of carbonyl (C=O) groups is 1. The first-order valence-electron chi connectivity index (χ1n) is 9.21. The van der Waals surface area contributed by atoms with E-state index in [1.807, 2.05) is 19.1 Å². The molecule has 0 aromatic heterocycles. The third kappa shape index (κ3) is 17.0. The summed E-state index contributed by atoms with van der Waals surface area (Å²) in [5.41, 5.74) is 0.